The minimum Gasteiger partial charge on any atom is -0.336 e. The van der Waals surface area contributed by atoms with Gasteiger partial charge < -0.3 is 10.2 Å². The second-order valence-corrected chi connectivity index (χ2v) is 8.76. The molecule has 2 rings (SSSR count). The van der Waals surface area contributed by atoms with Gasteiger partial charge >= 0.3 is 0 Å². The van der Waals surface area contributed by atoms with Crippen molar-refractivity contribution in [1.82, 2.24) is 9.62 Å². The van der Waals surface area contributed by atoms with Gasteiger partial charge in [-0.25, -0.2) is 13.1 Å². The number of nitrogens with one attached hydrogen (secondary N) is 2. The maximum absolute atomic E-state index is 12.0. The number of benzene rings is 1. The van der Waals surface area contributed by atoms with Crippen molar-refractivity contribution in [2.75, 3.05) is 25.5 Å². The molecule has 0 fully saturated rings. The summed E-state index contributed by atoms with van der Waals surface area (Å²) in [6.45, 7) is -0.179. The number of carbonyl (C=O) groups is 2. The molecule has 0 aliphatic heterocycles. The van der Waals surface area contributed by atoms with E-state index in [1.54, 1.807) is 35.7 Å². The number of rotatable bonds is 8. The standard InChI is InChI=1S/C16H18ClN3O4S2/c1-20(11-14(21)19-13-6-4-12(17)5-7-13)15(22)8-9-18-26(23,24)16-3-2-10-25-16/h2-7,10,18H,8-9,11H2,1H3,(H,19,21). The number of halogens is 1. The Labute approximate surface area is 161 Å². The molecule has 0 spiro atoms. The molecular weight excluding hydrogens is 398 g/mol. The Hall–Kier alpha value is -1.94. The van der Waals surface area contributed by atoms with Crippen LogP contribution in [-0.4, -0.2) is 45.3 Å². The summed E-state index contributed by atoms with van der Waals surface area (Å²) in [5.41, 5.74) is 0.573. The van der Waals surface area contributed by atoms with Crippen molar-refractivity contribution >= 4 is 50.5 Å². The average molecular weight is 416 g/mol. The molecule has 1 heterocycles. The monoisotopic (exact) mass is 415 g/mol. The summed E-state index contributed by atoms with van der Waals surface area (Å²) in [5.74, 6) is -0.701. The molecule has 26 heavy (non-hydrogen) atoms. The van der Waals surface area contributed by atoms with Crippen LogP contribution in [0.4, 0.5) is 5.69 Å². The van der Waals surface area contributed by atoms with Crippen molar-refractivity contribution in [3.63, 3.8) is 0 Å². The van der Waals surface area contributed by atoms with Crippen molar-refractivity contribution < 1.29 is 18.0 Å². The van der Waals surface area contributed by atoms with Gasteiger partial charge in [-0.05, 0) is 35.7 Å². The van der Waals surface area contributed by atoms with Crippen LogP contribution in [0.25, 0.3) is 0 Å². The first-order chi connectivity index (χ1) is 12.3. The Morgan fingerprint density at radius 1 is 1.19 bits per heavy atom. The zero-order valence-corrected chi connectivity index (χ0v) is 16.3. The summed E-state index contributed by atoms with van der Waals surface area (Å²) in [7, 11) is -2.11. The van der Waals surface area contributed by atoms with Gasteiger partial charge in [-0.1, -0.05) is 17.7 Å². The number of sulfonamides is 1. The van der Waals surface area contributed by atoms with Crippen molar-refractivity contribution in [1.29, 1.82) is 0 Å². The lowest BCUT2D eigenvalue weighted by molar-refractivity contribution is -0.133. The fourth-order valence-corrected chi connectivity index (χ4v) is 4.20. The fourth-order valence-electron chi connectivity index (χ4n) is 2.01. The molecule has 2 N–H and O–H groups in total. The van der Waals surface area contributed by atoms with E-state index >= 15 is 0 Å². The molecule has 2 aromatic rings. The van der Waals surface area contributed by atoms with Gasteiger partial charge in [-0.2, -0.15) is 0 Å². The van der Waals surface area contributed by atoms with Gasteiger partial charge in [-0.3, -0.25) is 9.59 Å². The van der Waals surface area contributed by atoms with Crippen molar-refractivity contribution in [2.24, 2.45) is 0 Å². The fraction of sp³-hybridized carbons (Fsp3) is 0.250. The minimum absolute atomic E-state index is 0.0395. The minimum atomic E-state index is -3.60. The smallest absolute Gasteiger partial charge is 0.250 e. The van der Waals surface area contributed by atoms with Gasteiger partial charge in [0.25, 0.3) is 0 Å². The van der Waals surface area contributed by atoms with E-state index in [2.05, 4.69) is 10.0 Å². The predicted octanol–water partition coefficient (Wildman–Crippen LogP) is 2.17. The zero-order chi connectivity index (χ0) is 19.2. The molecule has 0 saturated heterocycles. The largest absolute Gasteiger partial charge is 0.336 e. The third-order valence-electron chi connectivity index (χ3n) is 3.33. The third kappa shape index (κ3) is 6.10. The molecule has 0 aliphatic carbocycles. The van der Waals surface area contributed by atoms with Crippen LogP contribution in [0, 0.1) is 0 Å². The summed E-state index contributed by atoms with van der Waals surface area (Å²) in [4.78, 5) is 25.2. The van der Waals surface area contributed by atoms with Gasteiger partial charge in [-0.15, -0.1) is 11.3 Å². The lowest BCUT2D eigenvalue weighted by Crippen LogP contribution is -2.37. The highest BCUT2D eigenvalue weighted by molar-refractivity contribution is 7.91. The van der Waals surface area contributed by atoms with Crippen LogP contribution in [-0.2, 0) is 19.6 Å². The molecule has 2 amide bonds. The molecule has 1 aromatic heterocycles. The normalized spacial score (nSPS) is 11.2. The number of amides is 2. The molecule has 0 aliphatic rings. The van der Waals surface area contributed by atoms with Crippen molar-refractivity contribution in [2.45, 2.75) is 10.6 Å². The Morgan fingerprint density at radius 3 is 2.50 bits per heavy atom. The van der Waals surface area contributed by atoms with Crippen LogP contribution >= 0.6 is 22.9 Å². The van der Waals surface area contributed by atoms with Crippen LogP contribution in [0.5, 0.6) is 0 Å². The number of nitrogens with zero attached hydrogens (tertiary/aromatic N) is 1. The zero-order valence-electron chi connectivity index (χ0n) is 13.9. The number of thiophene rings is 1. The highest BCUT2D eigenvalue weighted by Gasteiger charge is 2.17. The van der Waals surface area contributed by atoms with Crippen LogP contribution in [0.3, 0.4) is 0 Å². The van der Waals surface area contributed by atoms with Crippen LogP contribution < -0.4 is 10.0 Å². The Bertz CT molecular complexity index is 852. The summed E-state index contributed by atoms with van der Waals surface area (Å²) < 4.78 is 26.5. The van der Waals surface area contributed by atoms with Crippen molar-refractivity contribution in [3.05, 3.63) is 46.8 Å². The summed E-state index contributed by atoms with van der Waals surface area (Å²) in [6, 6.07) is 9.72. The molecular formula is C16H18ClN3O4S2. The molecule has 140 valence electrons. The summed E-state index contributed by atoms with van der Waals surface area (Å²) >= 11 is 6.87. The summed E-state index contributed by atoms with van der Waals surface area (Å²) in [5, 5.41) is 4.87. The molecule has 0 radical (unpaired) electrons. The van der Waals surface area contributed by atoms with Gasteiger partial charge in [0.05, 0.1) is 6.54 Å². The maximum Gasteiger partial charge on any atom is 0.250 e. The van der Waals surface area contributed by atoms with Gasteiger partial charge in [0.15, 0.2) is 0 Å². The lowest BCUT2D eigenvalue weighted by Gasteiger charge is -2.17. The number of anilines is 1. The van der Waals surface area contributed by atoms with E-state index in [-0.39, 0.29) is 35.5 Å². The summed E-state index contributed by atoms with van der Waals surface area (Å²) in [6.07, 6.45) is -0.0463. The quantitative estimate of drug-likeness (QED) is 0.690. The topological polar surface area (TPSA) is 95.6 Å². The molecule has 0 bridgehead atoms. The van der Waals surface area contributed by atoms with Crippen molar-refractivity contribution in [3.8, 4) is 0 Å². The molecule has 0 unspecified atom stereocenters. The van der Waals surface area contributed by atoms with Gasteiger partial charge in [0.2, 0.25) is 21.8 Å². The first-order valence-electron chi connectivity index (χ1n) is 7.60. The Morgan fingerprint density at radius 2 is 1.88 bits per heavy atom. The van der Waals surface area contributed by atoms with E-state index in [9.17, 15) is 18.0 Å². The Kier molecular flexibility index (Phi) is 7.15. The van der Waals surface area contributed by atoms with E-state index in [1.807, 2.05) is 0 Å². The average Bonchev–Trinajstić information content (AvgIpc) is 3.12. The third-order valence-corrected chi connectivity index (χ3v) is 6.44. The molecule has 10 heteroatoms. The predicted molar refractivity (Wildman–Crippen MR) is 102 cm³/mol. The molecule has 1 aromatic carbocycles. The Balaban J connectivity index is 1.76. The first-order valence-corrected chi connectivity index (χ1v) is 10.3. The molecule has 0 atom stereocenters. The maximum atomic E-state index is 12.0. The highest BCUT2D eigenvalue weighted by atomic mass is 35.5. The lowest BCUT2D eigenvalue weighted by atomic mass is 10.3. The number of hydrogen-bond acceptors (Lipinski definition) is 5. The van der Waals surface area contributed by atoms with Gasteiger partial charge in [0, 0.05) is 30.7 Å². The van der Waals surface area contributed by atoms with E-state index in [4.69, 9.17) is 11.6 Å². The van der Waals surface area contributed by atoms with E-state index in [0.29, 0.717) is 10.7 Å². The van der Waals surface area contributed by atoms with Crippen LogP contribution in [0.2, 0.25) is 5.02 Å². The molecule has 0 saturated carbocycles. The van der Waals surface area contributed by atoms with Crippen LogP contribution in [0.15, 0.2) is 46.0 Å². The van der Waals surface area contributed by atoms with Crippen LogP contribution in [0.1, 0.15) is 6.42 Å². The second-order valence-electron chi connectivity index (χ2n) is 5.38. The van der Waals surface area contributed by atoms with E-state index in [1.165, 1.54) is 18.0 Å². The SMILES string of the molecule is CN(CC(=O)Nc1ccc(Cl)cc1)C(=O)CCNS(=O)(=O)c1cccs1. The first kappa shape index (κ1) is 20.4. The van der Waals surface area contributed by atoms with Gasteiger partial charge in [0.1, 0.15) is 4.21 Å². The number of hydrogen-bond donors (Lipinski definition) is 2. The number of likely N-dealkylation sites (N-methyl/N-ethyl adjacent to an activating group) is 1. The highest BCUT2D eigenvalue weighted by Crippen LogP contribution is 2.15. The second kappa shape index (κ2) is 9.13. The van der Waals surface area contributed by atoms with E-state index in [0.717, 1.165) is 11.3 Å². The number of carbonyl (C=O) groups excluding carboxylic acids is 2. The molecule has 7 nitrogen and oxygen atoms in total. The van der Waals surface area contributed by atoms with E-state index < -0.39 is 10.0 Å².